The predicted octanol–water partition coefficient (Wildman–Crippen LogP) is 3.30. The molecule has 1 atom stereocenters. The maximum Gasteiger partial charge on any atom is 0.258 e. The Morgan fingerprint density at radius 2 is 1.72 bits per heavy atom. The summed E-state index contributed by atoms with van der Waals surface area (Å²) in [5, 5.41) is 2.77. The number of carbonyl (C=O) groups is 1. The first-order valence-corrected chi connectivity index (χ1v) is 11.1. The SMILES string of the molecule is C[C@@H](NC(=O)COc1ccc(S(=O)(=O)NC2CCCC2)cc1)c1ccc(F)cc1. The van der Waals surface area contributed by atoms with Crippen LogP contribution in [0.1, 0.15) is 44.2 Å². The Labute approximate surface area is 170 Å². The maximum absolute atomic E-state index is 13.0. The molecule has 0 radical (unpaired) electrons. The summed E-state index contributed by atoms with van der Waals surface area (Å²) in [7, 11) is -3.55. The molecule has 6 nitrogen and oxygen atoms in total. The van der Waals surface area contributed by atoms with Gasteiger partial charge in [-0.05, 0) is 61.7 Å². The van der Waals surface area contributed by atoms with Crippen LogP contribution >= 0.6 is 0 Å². The van der Waals surface area contributed by atoms with Crippen LogP contribution in [0, 0.1) is 5.82 Å². The second kappa shape index (κ2) is 9.37. The lowest BCUT2D eigenvalue weighted by Gasteiger charge is -2.15. The fourth-order valence-electron chi connectivity index (χ4n) is 3.31. The van der Waals surface area contributed by atoms with E-state index in [1.165, 1.54) is 36.4 Å². The van der Waals surface area contributed by atoms with Gasteiger partial charge in [0.15, 0.2) is 6.61 Å². The zero-order valence-electron chi connectivity index (χ0n) is 16.2. The van der Waals surface area contributed by atoms with Gasteiger partial charge >= 0.3 is 0 Å². The summed E-state index contributed by atoms with van der Waals surface area (Å²) in [6, 6.07) is 11.6. The summed E-state index contributed by atoms with van der Waals surface area (Å²) in [5.74, 6) is -0.268. The molecule has 8 heteroatoms. The maximum atomic E-state index is 13.0. The lowest BCUT2D eigenvalue weighted by atomic mass is 10.1. The van der Waals surface area contributed by atoms with Crippen molar-refractivity contribution in [2.45, 2.75) is 49.6 Å². The minimum absolute atomic E-state index is 0.00252. The van der Waals surface area contributed by atoms with Gasteiger partial charge in [-0.2, -0.15) is 0 Å². The standard InChI is InChI=1S/C21H25FN2O4S/c1-15(16-6-8-17(22)9-7-16)23-21(25)14-28-19-10-12-20(13-11-19)29(26,27)24-18-4-2-3-5-18/h6-13,15,18,24H,2-5,14H2,1H3,(H,23,25)/t15-/m1/s1. The van der Waals surface area contributed by atoms with Gasteiger partial charge in [0.2, 0.25) is 10.0 Å². The Balaban J connectivity index is 1.50. The minimum atomic E-state index is -3.55. The van der Waals surface area contributed by atoms with Crippen LogP contribution in [0.25, 0.3) is 0 Å². The number of hydrogen-bond donors (Lipinski definition) is 2. The second-order valence-corrected chi connectivity index (χ2v) is 8.92. The Morgan fingerprint density at radius 3 is 2.34 bits per heavy atom. The normalized spacial score (nSPS) is 15.8. The molecule has 0 heterocycles. The number of sulfonamides is 1. The third-order valence-corrected chi connectivity index (χ3v) is 6.46. The molecule has 156 valence electrons. The molecule has 29 heavy (non-hydrogen) atoms. The van der Waals surface area contributed by atoms with Crippen molar-refractivity contribution < 1.29 is 22.3 Å². The Hall–Kier alpha value is -2.45. The van der Waals surface area contributed by atoms with Crippen molar-refractivity contribution in [2.75, 3.05) is 6.61 Å². The quantitative estimate of drug-likeness (QED) is 0.686. The molecular weight excluding hydrogens is 395 g/mol. The van der Waals surface area contributed by atoms with Crippen LogP contribution in [0.5, 0.6) is 5.75 Å². The van der Waals surface area contributed by atoms with E-state index in [0.717, 1.165) is 31.2 Å². The molecule has 1 fully saturated rings. The van der Waals surface area contributed by atoms with Crippen LogP contribution in [0.4, 0.5) is 4.39 Å². The molecule has 1 saturated carbocycles. The van der Waals surface area contributed by atoms with E-state index in [1.54, 1.807) is 19.1 Å². The third-order valence-electron chi connectivity index (χ3n) is 4.93. The zero-order valence-corrected chi connectivity index (χ0v) is 17.0. The summed E-state index contributed by atoms with van der Waals surface area (Å²) in [4.78, 5) is 12.2. The van der Waals surface area contributed by atoms with Crippen molar-refractivity contribution >= 4 is 15.9 Å². The van der Waals surface area contributed by atoms with Crippen molar-refractivity contribution in [3.05, 3.63) is 59.9 Å². The molecule has 0 aliphatic heterocycles. The number of rotatable bonds is 8. The fourth-order valence-corrected chi connectivity index (χ4v) is 4.62. The van der Waals surface area contributed by atoms with Crippen LogP contribution in [-0.4, -0.2) is 27.0 Å². The van der Waals surface area contributed by atoms with Gasteiger partial charge in [-0.1, -0.05) is 25.0 Å². The molecule has 2 aromatic rings. The van der Waals surface area contributed by atoms with E-state index in [4.69, 9.17) is 4.74 Å². The van der Waals surface area contributed by atoms with Gasteiger partial charge in [-0.15, -0.1) is 0 Å². The summed E-state index contributed by atoms with van der Waals surface area (Å²) in [6.07, 6.45) is 3.82. The van der Waals surface area contributed by atoms with Crippen LogP contribution < -0.4 is 14.8 Å². The number of amides is 1. The Kier molecular flexibility index (Phi) is 6.87. The Morgan fingerprint density at radius 1 is 1.10 bits per heavy atom. The average molecular weight is 421 g/mol. The molecule has 0 unspecified atom stereocenters. The molecule has 3 rings (SSSR count). The molecule has 1 aliphatic rings. The molecule has 1 aliphatic carbocycles. The van der Waals surface area contributed by atoms with Crippen molar-refractivity contribution in [3.63, 3.8) is 0 Å². The lowest BCUT2D eigenvalue weighted by molar-refractivity contribution is -0.123. The van der Waals surface area contributed by atoms with E-state index in [-0.39, 0.29) is 35.3 Å². The van der Waals surface area contributed by atoms with Crippen molar-refractivity contribution in [3.8, 4) is 5.75 Å². The number of benzene rings is 2. The van der Waals surface area contributed by atoms with Crippen LogP contribution in [-0.2, 0) is 14.8 Å². The highest BCUT2D eigenvalue weighted by Crippen LogP contribution is 2.21. The smallest absolute Gasteiger partial charge is 0.258 e. The van der Waals surface area contributed by atoms with Gasteiger partial charge in [0.05, 0.1) is 10.9 Å². The van der Waals surface area contributed by atoms with Crippen LogP contribution in [0.3, 0.4) is 0 Å². The average Bonchev–Trinajstić information content (AvgIpc) is 3.19. The largest absolute Gasteiger partial charge is 0.484 e. The number of hydrogen-bond acceptors (Lipinski definition) is 4. The van der Waals surface area contributed by atoms with Crippen LogP contribution in [0.15, 0.2) is 53.4 Å². The molecule has 0 bridgehead atoms. The van der Waals surface area contributed by atoms with Crippen molar-refractivity contribution in [2.24, 2.45) is 0 Å². The molecule has 0 aromatic heterocycles. The van der Waals surface area contributed by atoms with Gasteiger partial charge in [0.25, 0.3) is 5.91 Å². The van der Waals surface area contributed by atoms with Crippen molar-refractivity contribution in [1.82, 2.24) is 10.0 Å². The number of nitrogens with one attached hydrogen (secondary N) is 2. The van der Waals surface area contributed by atoms with Gasteiger partial charge in [0, 0.05) is 6.04 Å². The lowest BCUT2D eigenvalue weighted by Crippen LogP contribution is -2.32. The first-order valence-electron chi connectivity index (χ1n) is 9.63. The number of halogens is 1. The number of carbonyl (C=O) groups excluding carboxylic acids is 1. The van der Waals surface area contributed by atoms with Gasteiger partial charge in [-0.25, -0.2) is 17.5 Å². The Bertz CT molecular complexity index is 924. The topological polar surface area (TPSA) is 84.5 Å². The molecule has 2 N–H and O–H groups in total. The summed E-state index contributed by atoms with van der Waals surface area (Å²) < 4.78 is 45.9. The minimum Gasteiger partial charge on any atom is -0.484 e. The van der Waals surface area contributed by atoms with Crippen molar-refractivity contribution in [1.29, 1.82) is 0 Å². The molecule has 2 aromatic carbocycles. The number of ether oxygens (including phenoxy) is 1. The summed E-state index contributed by atoms with van der Waals surface area (Å²) in [6.45, 7) is 1.58. The van der Waals surface area contributed by atoms with E-state index in [1.807, 2.05) is 0 Å². The highest BCUT2D eigenvalue weighted by molar-refractivity contribution is 7.89. The fraction of sp³-hybridized carbons (Fsp3) is 0.381. The molecule has 0 saturated heterocycles. The van der Waals surface area contributed by atoms with Gasteiger partial charge < -0.3 is 10.1 Å². The zero-order chi connectivity index (χ0) is 20.9. The summed E-state index contributed by atoms with van der Waals surface area (Å²) in [5.41, 5.74) is 0.782. The molecule has 1 amide bonds. The highest BCUT2D eigenvalue weighted by atomic mass is 32.2. The third kappa shape index (κ3) is 6.01. The van der Waals surface area contributed by atoms with E-state index in [2.05, 4.69) is 10.0 Å². The van der Waals surface area contributed by atoms with E-state index in [0.29, 0.717) is 5.75 Å². The van der Waals surface area contributed by atoms with Crippen LogP contribution in [0.2, 0.25) is 0 Å². The first-order chi connectivity index (χ1) is 13.8. The first kappa shape index (κ1) is 21.3. The predicted molar refractivity (Wildman–Crippen MR) is 107 cm³/mol. The highest BCUT2D eigenvalue weighted by Gasteiger charge is 2.22. The molecule has 0 spiro atoms. The van der Waals surface area contributed by atoms with E-state index in [9.17, 15) is 17.6 Å². The molecular formula is C21H25FN2O4S. The second-order valence-electron chi connectivity index (χ2n) is 7.20. The van der Waals surface area contributed by atoms with Gasteiger partial charge in [0.1, 0.15) is 11.6 Å². The van der Waals surface area contributed by atoms with E-state index < -0.39 is 10.0 Å². The monoisotopic (exact) mass is 420 g/mol. The van der Waals surface area contributed by atoms with E-state index >= 15 is 0 Å². The van der Waals surface area contributed by atoms with Gasteiger partial charge in [-0.3, -0.25) is 4.79 Å². The summed E-state index contributed by atoms with van der Waals surface area (Å²) >= 11 is 0.